The molecule has 0 aliphatic heterocycles. The van der Waals surface area contributed by atoms with E-state index >= 15 is 0 Å². The van der Waals surface area contributed by atoms with Crippen LogP contribution in [-0.4, -0.2) is 16.9 Å². The molecule has 0 fully saturated rings. The van der Waals surface area contributed by atoms with E-state index in [9.17, 15) is 9.59 Å². The second kappa shape index (κ2) is 6.31. The quantitative estimate of drug-likeness (QED) is 0.847. The van der Waals surface area contributed by atoms with Gasteiger partial charge in [-0.05, 0) is 23.6 Å². The largest absolute Gasteiger partial charge is 0.481 e. The Bertz CT molecular complexity index is 519. The van der Waals surface area contributed by atoms with Crippen LogP contribution in [0.25, 0.3) is 0 Å². The highest BCUT2D eigenvalue weighted by Crippen LogP contribution is 2.29. The van der Waals surface area contributed by atoms with Gasteiger partial charge in [-0.25, -0.2) is 0 Å². The first-order valence-electron chi connectivity index (χ1n) is 5.31. The number of alkyl halides is 1. The minimum Gasteiger partial charge on any atom is -0.481 e. The lowest BCUT2D eigenvalue weighted by Crippen LogP contribution is -2.10. The van der Waals surface area contributed by atoms with Crippen LogP contribution in [0.4, 0.5) is 0 Å². The fourth-order valence-corrected chi connectivity index (χ4v) is 2.16. The molecule has 4 nitrogen and oxygen atoms in total. The number of Topliss-reactive ketones (excluding diaryl/α,β-unsaturated/α-hetero) is 1. The maximum Gasteiger partial charge on any atom is 0.307 e. The summed E-state index contributed by atoms with van der Waals surface area (Å²) >= 11 is 3.27. The fourth-order valence-electron chi connectivity index (χ4n) is 1.73. The summed E-state index contributed by atoms with van der Waals surface area (Å²) in [6, 6.07) is 7.11. The van der Waals surface area contributed by atoms with Gasteiger partial charge < -0.3 is 5.11 Å². The van der Waals surface area contributed by atoms with Gasteiger partial charge in [0.2, 0.25) is 0 Å². The van der Waals surface area contributed by atoms with Crippen LogP contribution in [0.3, 0.4) is 0 Å². The van der Waals surface area contributed by atoms with Crippen molar-refractivity contribution in [2.24, 2.45) is 0 Å². The first-order chi connectivity index (χ1) is 8.47. The number of benzene rings is 1. The minimum absolute atomic E-state index is 0.0818. The highest BCUT2D eigenvalue weighted by molar-refractivity contribution is 9.09. The van der Waals surface area contributed by atoms with Crippen molar-refractivity contribution in [2.45, 2.75) is 24.6 Å². The predicted octanol–water partition coefficient (Wildman–Crippen LogP) is 2.40. The van der Waals surface area contributed by atoms with Gasteiger partial charge in [0, 0.05) is 0 Å². The molecule has 1 N–H and O–H groups in total. The number of aliphatic carboxylic acids is 1. The van der Waals surface area contributed by atoms with Crippen LogP contribution >= 0.6 is 15.9 Å². The van der Waals surface area contributed by atoms with Gasteiger partial charge in [-0.1, -0.05) is 34.1 Å². The lowest BCUT2D eigenvalue weighted by Gasteiger charge is -2.14. The summed E-state index contributed by atoms with van der Waals surface area (Å²) in [5.74, 6) is -1.04. The smallest absolute Gasteiger partial charge is 0.307 e. The van der Waals surface area contributed by atoms with Gasteiger partial charge in [-0.15, -0.1) is 0 Å². The Hall–Kier alpha value is -1.67. The number of nitrogens with zero attached hydrogens (tertiary/aromatic N) is 1. The van der Waals surface area contributed by atoms with Crippen molar-refractivity contribution in [3.8, 4) is 6.07 Å². The number of nitriles is 1. The van der Waals surface area contributed by atoms with Crippen molar-refractivity contribution < 1.29 is 14.7 Å². The number of hydrogen-bond acceptors (Lipinski definition) is 3. The third-order valence-corrected chi connectivity index (χ3v) is 3.67. The van der Waals surface area contributed by atoms with E-state index in [1.165, 1.54) is 6.92 Å². The fraction of sp³-hybridized carbons (Fsp3) is 0.308. The predicted molar refractivity (Wildman–Crippen MR) is 69.4 cm³/mol. The SMILES string of the molecule is CC(=O)C(Br)c1cccc(CC(=O)O)c1CC#N. The van der Waals surface area contributed by atoms with E-state index in [2.05, 4.69) is 15.9 Å². The number of carbonyl (C=O) groups excluding carboxylic acids is 1. The van der Waals surface area contributed by atoms with Crippen molar-refractivity contribution in [3.05, 3.63) is 34.9 Å². The van der Waals surface area contributed by atoms with E-state index in [-0.39, 0.29) is 18.6 Å². The number of ketones is 1. The standard InChI is InChI=1S/C13H12BrNO3/c1-8(16)13(14)11-4-2-3-9(7-12(17)18)10(11)5-6-15/h2-4,13H,5,7H2,1H3,(H,17,18). The molecule has 1 aromatic carbocycles. The van der Waals surface area contributed by atoms with Crippen LogP contribution in [0.1, 0.15) is 28.4 Å². The Kier molecular flexibility index (Phi) is 5.05. The summed E-state index contributed by atoms with van der Waals surface area (Å²) < 4.78 is 0. The van der Waals surface area contributed by atoms with E-state index < -0.39 is 10.8 Å². The minimum atomic E-state index is -0.958. The third-order valence-electron chi connectivity index (χ3n) is 2.54. The van der Waals surface area contributed by atoms with Gasteiger partial charge in [0.05, 0.1) is 23.7 Å². The number of halogens is 1. The maximum atomic E-state index is 11.4. The van der Waals surface area contributed by atoms with Gasteiger partial charge in [-0.3, -0.25) is 9.59 Å². The molecule has 0 spiro atoms. The Morgan fingerprint density at radius 3 is 2.67 bits per heavy atom. The van der Waals surface area contributed by atoms with Crippen molar-refractivity contribution in [1.82, 2.24) is 0 Å². The zero-order valence-electron chi connectivity index (χ0n) is 9.81. The molecule has 5 heteroatoms. The zero-order valence-corrected chi connectivity index (χ0v) is 11.4. The topological polar surface area (TPSA) is 78.2 Å². The molecular weight excluding hydrogens is 298 g/mol. The molecule has 0 aliphatic rings. The molecular formula is C13H12BrNO3. The third kappa shape index (κ3) is 3.41. The van der Waals surface area contributed by atoms with Gasteiger partial charge in [0.25, 0.3) is 0 Å². The highest BCUT2D eigenvalue weighted by atomic mass is 79.9. The van der Waals surface area contributed by atoms with Gasteiger partial charge in [0.1, 0.15) is 5.78 Å². The van der Waals surface area contributed by atoms with Gasteiger partial charge >= 0.3 is 5.97 Å². The molecule has 1 aromatic rings. The van der Waals surface area contributed by atoms with Crippen molar-refractivity contribution in [3.63, 3.8) is 0 Å². The molecule has 0 radical (unpaired) electrons. The van der Waals surface area contributed by atoms with Crippen molar-refractivity contribution >= 4 is 27.7 Å². The van der Waals surface area contributed by atoms with E-state index in [4.69, 9.17) is 10.4 Å². The summed E-state index contributed by atoms with van der Waals surface area (Å²) in [4.78, 5) is 21.7. The zero-order chi connectivity index (χ0) is 13.7. The van der Waals surface area contributed by atoms with Crippen LogP contribution in [0, 0.1) is 11.3 Å². The number of carboxylic acid groups (broad SMARTS) is 1. The summed E-state index contributed by atoms with van der Waals surface area (Å²) in [5, 5.41) is 17.7. The normalized spacial score (nSPS) is 11.6. The molecule has 94 valence electrons. The molecule has 0 heterocycles. The molecule has 0 amide bonds. The summed E-state index contributed by atoms with van der Waals surface area (Å²) in [5.41, 5.74) is 1.87. The Morgan fingerprint density at radius 2 is 2.17 bits per heavy atom. The Morgan fingerprint density at radius 1 is 1.50 bits per heavy atom. The molecule has 0 aliphatic carbocycles. The monoisotopic (exact) mass is 309 g/mol. The lowest BCUT2D eigenvalue weighted by molar-refractivity contribution is -0.136. The van der Waals surface area contributed by atoms with E-state index in [0.717, 1.165) is 0 Å². The summed E-state index contributed by atoms with van der Waals surface area (Å²) in [6.07, 6.45) is -0.0589. The molecule has 1 rings (SSSR count). The Labute approximate surface area is 113 Å². The average molecular weight is 310 g/mol. The van der Waals surface area contributed by atoms with Crippen molar-refractivity contribution in [1.29, 1.82) is 5.26 Å². The first kappa shape index (κ1) is 14.4. The van der Waals surface area contributed by atoms with Crippen LogP contribution in [-0.2, 0) is 22.4 Å². The Balaban J connectivity index is 3.29. The molecule has 0 saturated carbocycles. The van der Waals surface area contributed by atoms with E-state index in [1.807, 2.05) is 6.07 Å². The molecule has 1 unspecified atom stereocenters. The van der Waals surface area contributed by atoms with E-state index in [1.54, 1.807) is 18.2 Å². The van der Waals surface area contributed by atoms with Crippen LogP contribution in [0.2, 0.25) is 0 Å². The highest BCUT2D eigenvalue weighted by Gasteiger charge is 2.19. The second-order valence-electron chi connectivity index (χ2n) is 3.86. The van der Waals surface area contributed by atoms with Gasteiger partial charge in [-0.2, -0.15) is 5.26 Å². The van der Waals surface area contributed by atoms with Crippen LogP contribution in [0.5, 0.6) is 0 Å². The second-order valence-corrected chi connectivity index (χ2v) is 4.78. The molecule has 18 heavy (non-hydrogen) atoms. The number of rotatable bonds is 5. The molecule has 0 bridgehead atoms. The summed E-state index contributed by atoms with van der Waals surface area (Å²) in [6.45, 7) is 1.44. The number of carboxylic acids is 1. The summed E-state index contributed by atoms with van der Waals surface area (Å²) in [7, 11) is 0. The van der Waals surface area contributed by atoms with Crippen LogP contribution < -0.4 is 0 Å². The lowest BCUT2D eigenvalue weighted by atomic mass is 9.94. The average Bonchev–Trinajstić information content (AvgIpc) is 2.30. The molecule has 1 atom stereocenters. The van der Waals surface area contributed by atoms with E-state index in [0.29, 0.717) is 16.7 Å². The number of hydrogen-bond donors (Lipinski definition) is 1. The molecule has 0 aromatic heterocycles. The molecule has 0 saturated heterocycles. The van der Waals surface area contributed by atoms with Crippen LogP contribution in [0.15, 0.2) is 18.2 Å². The number of carbonyl (C=O) groups is 2. The van der Waals surface area contributed by atoms with Crippen molar-refractivity contribution in [2.75, 3.05) is 0 Å². The van der Waals surface area contributed by atoms with Gasteiger partial charge in [0.15, 0.2) is 0 Å². The first-order valence-corrected chi connectivity index (χ1v) is 6.22. The maximum absolute atomic E-state index is 11.4.